The van der Waals surface area contributed by atoms with Gasteiger partial charge in [-0.05, 0) is 29.7 Å². The van der Waals surface area contributed by atoms with Gasteiger partial charge in [-0.15, -0.1) is 0 Å². The van der Waals surface area contributed by atoms with Crippen LogP contribution in [-0.4, -0.2) is 25.0 Å². The molecule has 0 fully saturated rings. The number of carbonyl (C=O) groups is 1. The molecule has 3 aromatic rings. The molecule has 0 bridgehead atoms. The van der Waals surface area contributed by atoms with Gasteiger partial charge in [-0.3, -0.25) is 9.78 Å². The van der Waals surface area contributed by atoms with Gasteiger partial charge in [0.1, 0.15) is 5.69 Å². The molecule has 0 atom stereocenters. The van der Waals surface area contributed by atoms with Gasteiger partial charge >= 0.3 is 6.18 Å². The Morgan fingerprint density at radius 1 is 1.08 bits per heavy atom. The molecule has 0 aliphatic carbocycles. The van der Waals surface area contributed by atoms with Gasteiger partial charge in [-0.25, -0.2) is 0 Å². The quantitative estimate of drug-likeness (QED) is 0.745. The zero-order valence-electron chi connectivity index (χ0n) is 14.1. The van der Waals surface area contributed by atoms with Gasteiger partial charge in [0.25, 0.3) is 5.91 Å². The number of rotatable bonds is 3. The van der Waals surface area contributed by atoms with Crippen molar-refractivity contribution < 1.29 is 18.0 Å². The Morgan fingerprint density at radius 2 is 1.81 bits per heavy atom. The van der Waals surface area contributed by atoms with E-state index in [0.29, 0.717) is 11.1 Å². The zero-order chi connectivity index (χ0) is 18.9. The Kier molecular flexibility index (Phi) is 4.54. The van der Waals surface area contributed by atoms with Crippen LogP contribution in [0.4, 0.5) is 24.5 Å². The maximum Gasteiger partial charge on any atom is 0.416 e. The second kappa shape index (κ2) is 6.67. The third-order valence-electron chi connectivity index (χ3n) is 3.94. The summed E-state index contributed by atoms with van der Waals surface area (Å²) in [4.78, 5) is 18.4. The fraction of sp³-hybridized carbons (Fsp3) is 0.158. The molecular formula is C19H16F3N3O. The molecule has 1 heterocycles. The van der Waals surface area contributed by atoms with E-state index in [1.54, 1.807) is 37.2 Å². The summed E-state index contributed by atoms with van der Waals surface area (Å²) in [5, 5.41) is 4.02. The largest absolute Gasteiger partial charge is 0.416 e. The number of amides is 1. The van der Waals surface area contributed by atoms with Gasteiger partial charge in [0.15, 0.2) is 0 Å². The smallest absolute Gasteiger partial charge is 0.376 e. The number of pyridine rings is 1. The minimum Gasteiger partial charge on any atom is -0.376 e. The summed E-state index contributed by atoms with van der Waals surface area (Å²) < 4.78 is 39.1. The maximum absolute atomic E-state index is 13.0. The summed E-state index contributed by atoms with van der Waals surface area (Å²) in [5.41, 5.74) is -0.134. The first kappa shape index (κ1) is 17.7. The van der Waals surface area contributed by atoms with Crippen molar-refractivity contribution in [1.82, 2.24) is 4.98 Å². The molecule has 1 amide bonds. The van der Waals surface area contributed by atoms with E-state index in [4.69, 9.17) is 0 Å². The van der Waals surface area contributed by atoms with E-state index < -0.39 is 17.6 Å². The normalized spacial score (nSPS) is 11.4. The molecule has 26 heavy (non-hydrogen) atoms. The maximum atomic E-state index is 13.0. The fourth-order valence-electron chi connectivity index (χ4n) is 2.68. The average molecular weight is 359 g/mol. The Hall–Kier alpha value is -3.09. The number of hydrogen-bond acceptors (Lipinski definition) is 3. The average Bonchev–Trinajstić information content (AvgIpc) is 2.60. The van der Waals surface area contributed by atoms with Crippen molar-refractivity contribution in [3.05, 3.63) is 66.0 Å². The van der Waals surface area contributed by atoms with Crippen LogP contribution < -0.4 is 10.2 Å². The van der Waals surface area contributed by atoms with Gasteiger partial charge < -0.3 is 10.2 Å². The van der Waals surface area contributed by atoms with Gasteiger partial charge in [-0.2, -0.15) is 13.2 Å². The molecule has 0 saturated heterocycles. The standard InChI is InChI=1S/C19H16F3N3O/c1-25(2)16-8-7-13(19(20,21)22)11-15(16)24-18(26)17-14-6-4-3-5-12(14)9-10-23-17/h3-11H,1-2H3,(H,24,26). The summed E-state index contributed by atoms with van der Waals surface area (Å²) in [7, 11) is 3.38. The Balaban J connectivity index is 2.03. The highest BCUT2D eigenvalue weighted by Crippen LogP contribution is 2.35. The molecular weight excluding hydrogens is 343 g/mol. The molecule has 0 aliphatic heterocycles. The SMILES string of the molecule is CN(C)c1ccc(C(F)(F)F)cc1NC(=O)c1nccc2ccccc12. The van der Waals surface area contributed by atoms with Crippen molar-refractivity contribution in [2.24, 2.45) is 0 Å². The third-order valence-corrected chi connectivity index (χ3v) is 3.94. The Bertz CT molecular complexity index is 962. The van der Waals surface area contributed by atoms with Crippen LogP contribution in [0.1, 0.15) is 16.1 Å². The first-order chi connectivity index (χ1) is 12.3. The highest BCUT2D eigenvalue weighted by Gasteiger charge is 2.31. The van der Waals surface area contributed by atoms with Crippen LogP contribution in [0.15, 0.2) is 54.7 Å². The van der Waals surface area contributed by atoms with Crippen LogP contribution in [0.2, 0.25) is 0 Å². The molecule has 0 radical (unpaired) electrons. The van der Waals surface area contributed by atoms with Crippen LogP contribution in [0.5, 0.6) is 0 Å². The van der Waals surface area contributed by atoms with E-state index in [9.17, 15) is 18.0 Å². The number of alkyl halides is 3. The topological polar surface area (TPSA) is 45.2 Å². The number of nitrogens with zero attached hydrogens (tertiary/aromatic N) is 2. The molecule has 1 aromatic heterocycles. The first-order valence-corrected chi connectivity index (χ1v) is 7.81. The van der Waals surface area contributed by atoms with Crippen LogP contribution in [0.3, 0.4) is 0 Å². The van der Waals surface area contributed by atoms with Crippen molar-refractivity contribution in [3.8, 4) is 0 Å². The van der Waals surface area contributed by atoms with E-state index in [2.05, 4.69) is 10.3 Å². The van der Waals surface area contributed by atoms with E-state index >= 15 is 0 Å². The van der Waals surface area contributed by atoms with Crippen LogP contribution in [0.25, 0.3) is 10.8 Å². The minimum absolute atomic E-state index is 0.0737. The van der Waals surface area contributed by atoms with Gasteiger partial charge in [-0.1, -0.05) is 24.3 Å². The second-order valence-electron chi connectivity index (χ2n) is 5.96. The molecule has 0 aliphatic rings. The lowest BCUT2D eigenvalue weighted by Crippen LogP contribution is -2.19. The number of carbonyl (C=O) groups excluding carboxylic acids is 1. The third kappa shape index (κ3) is 3.46. The summed E-state index contributed by atoms with van der Waals surface area (Å²) >= 11 is 0. The van der Waals surface area contributed by atoms with E-state index in [0.717, 1.165) is 17.5 Å². The highest BCUT2D eigenvalue weighted by atomic mass is 19.4. The number of aromatic nitrogens is 1. The van der Waals surface area contributed by atoms with Crippen molar-refractivity contribution in [3.63, 3.8) is 0 Å². The second-order valence-corrected chi connectivity index (χ2v) is 5.96. The summed E-state index contributed by atoms with van der Waals surface area (Å²) in [6.07, 6.45) is -3.00. The Morgan fingerprint density at radius 3 is 2.50 bits per heavy atom. The number of nitrogens with one attached hydrogen (secondary N) is 1. The predicted octanol–water partition coefficient (Wildman–Crippen LogP) is 4.57. The van der Waals surface area contributed by atoms with Crippen LogP contribution in [-0.2, 0) is 6.18 Å². The summed E-state index contributed by atoms with van der Waals surface area (Å²) in [5.74, 6) is -0.566. The number of anilines is 2. The van der Waals surface area contributed by atoms with Gasteiger partial charge in [0.05, 0.1) is 16.9 Å². The van der Waals surface area contributed by atoms with Crippen LogP contribution >= 0.6 is 0 Å². The van der Waals surface area contributed by atoms with Crippen molar-refractivity contribution in [1.29, 1.82) is 0 Å². The van der Waals surface area contributed by atoms with Crippen LogP contribution in [0, 0.1) is 0 Å². The number of benzene rings is 2. The minimum atomic E-state index is -4.50. The molecule has 0 spiro atoms. The fourth-order valence-corrected chi connectivity index (χ4v) is 2.68. The molecule has 0 saturated carbocycles. The molecule has 2 aromatic carbocycles. The monoisotopic (exact) mass is 359 g/mol. The van der Waals surface area contributed by atoms with Gasteiger partial charge in [0.2, 0.25) is 0 Å². The molecule has 7 heteroatoms. The zero-order valence-corrected chi connectivity index (χ0v) is 14.1. The van der Waals surface area contributed by atoms with Crippen molar-refractivity contribution in [2.75, 3.05) is 24.3 Å². The summed E-state index contributed by atoms with van der Waals surface area (Å²) in [6, 6.07) is 12.2. The number of fused-ring (bicyclic) bond motifs is 1. The van der Waals surface area contributed by atoms with Crippen molar-refractivity contribution >= 4 is 28.1 Å². The lowest BCUT2D eigenvalue weighted by Gasteiger charge is -2.20. The predicted molar refractivity (Wildman–Crippen MR) is 95.5 cm³/mol. The van der Waals surface area contributed by atoms with Gasteiger partial charge in [0, 0.05) is 25.7 Å². The number of halogens is 3. The van der Waals surface area contributed by atoms with E-state index in [1.165, 1.54) is 12.3 Å². The van der Waals surface area contributed by atoms with Crippen molar-refractivity contribution in [2.45, 2.75) is 6.18 Å². The number of hydrogen-bond donors (Lipinski definition) is 1. The first-order valence-electron chi connectivity index (χ1n) is 7.81. The Labute approximate surface area is 148 Å². The lowest BCUT2D eigenvalue weighted by molar-refractivity contribution is -0.137. The highest BCUT2D eigenvalue weighted by molar-refractivity contribution is 6.12. The molecule has 3 rings (SSSR count). The molecule has 4 nitrogen and oxygen atoms in total. The lowest BCUT2D eigenvalue weighted by atomic mass is 10.1. The molecule has 134 valence electrons. The van der Waals surface area contributed by atoms with E-state index in [-0.39, 0.29) is 11.4 Å². The molecule has 0 unspecified atom stereocenters. The van der Waals surface area contributed by atoms with E-state index in [1.807, 2.05) is 12.1 Å². The summed E-state index contributed by atoms with van der Waals surface area (Å²) in [6.45, 7) is 0. The molecule has 1 N–H and O–H groups in total.